The van der Waals surface area contributed by atoms with Gasteiger partial charge in [0.15, 0.2) is 5.96 Å². The normalized spacial score (nSPS) is 17.0. The molecule has 26 heavy (non-hydrogen) atoms. The summed E-state index contributed by atoms with van der Waals surface area (Å²) in [5, 5.41) is 11.0. The van der Waals surface area contributed by atoms with Crippen LogP contribution >= 0.6 is 0 Å². The minimum atomic E-state index is -0.171. The van der Waals surface area contributed by atoms with Crippen LogP contribution in [0.15, 0.2) is 47.7 Å². The van der Waals surface area contributed by atoms with E-state index >= 15 is 0 Å². The van der Waals surface area contributed by atoms with E-state index in [9.17, 15) is 4.39 Å². The number of benzene rings is 1. The van der Waals surface area contributed by atoms with Crippen LogP contribution in [0.4, 0.5) is 4.39 Å². The molecule has 1 fully saturated rings. The molecule has 0 amide bonds. The van der Waals surface area contributed by atoms with E-state index in [1.54, 1.807) is 18.3 Å². The molecular formula is C20H28FN5. The Kier molecular flexibility index (Phi) is 5.91. The number of aromatic nitrogens is 2. The summed E-state index contributed by atoms with van der Waals surface area (Å²) in [6, 6.07) is 8.88. The molecule has 140 valence electrons. The predicted octanol–water partition coefficient (Wildman–Crippen LogP) is 2.95. The fraction of sp³-hybridized carbons (Fsp3) is 0.500. The maximum absolute atomic E-state index is 13.5. The fourth-order valence-corrected chi connectivity index (χ4v) is 3.14. The van der Waals surface area contributed by atoms with Crippen LogP contribution < -0.4 is 10.6 Å². The number of guanidine groups is 1. The van der Waals surface area contributed by atoms with Crippen molar-refractivity contribution >= 4 is 5.96 Å². The molecule has 3 rings (SSSR count). The van der Waals surface area contributed by atoms with Gasteiger partial charge >= 0.3 is 0 Å². The van der Waals surface area contributed by atoms with E-state index in [0.717, 1.165) is 44.0 Å². The molecule has 5 nitrogen and oxygen atoms in total. The van der Waals surface area contributed by atoms with Gasteiger partial charge in [-0.1, -0.05) is 19.1 Å². The van der Waals surface area contributed by atoms with Crippen molar-refractivity contribution in [2.45, 2.75) is 38.6 Å². The van der Waals surface area contributed by atoms with Crippen LogP contribution in [-0.2, 0) is 12.0 Å². The third kappa shape index (κ3) is 4.84. The van der Waals surface area contributed by atoms with Crippen molar-refractivity contribution in [3.63, 3.8) is 0 Å². The van der Waals surface area contributed by atoms with E-state index in [2.05, 4.69) is 29.6 Å². The molecule has 1 aromatic heterocycles. The Bertz CT molecular complexity index is 722. The third-order valence-electron chi connectivity index (χ3n) is 4.85. The number of halogens is 1. The lowest BCUT2D eigenvalue weighted by molar-refractivity contribution is 0.443. The number of aliphatic imine (C=N–C) groups is 1. The van der Waals surface area contributed by atoms with Crippen molar-refractivity contribution < 1.29 is 4.39 Å². The predicted molar refractivity (Wildman–Crippen MR) is 103 cm³/mol. The highest BCUT2D eigenvalue weighted by Gasteiger charge is 2.44. The summed E-state index contributed by atoms with van der Waals surface area (Å²) in [5.74, 6) is 1.08. The summed E-state index contributed by atoms with van der Waals surface area (Å²) in [7, 11) is 0. The first-order valence-electron chi connectivity index (χ1n) is 9.37. The average molecular weight is 357 g/mol. The molecule has 1 atom stereocenters. The second-order valence-electron chi connectivity index (χ2n) is 7.20. The highest BCUT2D eigenvalue weighted by atomic mass is 19.1. The summed E-state index contributed by atoms with van der Waals surface area (Å²) in [4.78, 5) is 4.77. The summed E-state index contributed by atoms with van der Waals surface area (Å²) >= 11 is 0. The average Bonchev–Trinajstić information content (AvgIpc) is 3.26. The first-order chi connectivity index (χ1) is 12.6. The number of hydrogen-bond donors (Lipinski definition) is 2. The quantitative estimate of drug-likeness (QED) is 0.564. The van der Waals surface area contributed by atoms with E-state index in [1.165, 1.54) is 6.07 Å². The van der Waals surface area contributed by atoms with Crippen molar-refractivity contribution in [2.75, 3.05) is 19.6 Å². The van der Waals surface area contributed by atoms with Gasteiger partial charge in [-0.2, -0.15) is 5.10 Å². The molecule has 1 aliphatic carbocycles. The zero-order chi connectivity index (χ0) is 18.4. The number of nitrogens with zero attached hydrogens (tertiary/aromatic N) is 3. The molecule has 0 bridgehead atoms. The van der Waals surface area contributed by atoms with Crippen LogP contribution in [0.1, 0.15) is 32.3 Å². The fourth-order valence-electron chi connectivity index (χ4n) is 3.14. The van der Waals surface area contributed by atoms with Gasteiger partial charge in [-0.05, 0) is 49.4 Å². The van der Waals surface area contributed by atoms with Crippen LogP contribution in [0, 0.1) is 11.7 Å². The largest absolute Gasteiger partial charge is 0.357 e. The second kappa shape index (κ2) is 8.34. The van der Waals surface area contributed by atoms with Gasteiger partial charge in [0, 0.05) is 37.4 Å². The van der Waals surface area contributed by atoms with Gasteiger partial charge in [0.05, 0.1) is 6.54 Å². The Morgan fingerprint density at radius 2 is 2.19 bits per heavy atom. The standard InChI is InChI=1S/C20H28FN5/c1-3-22-19(23-13-16(2)14-26-11-5-10-25-26)24-15-20(8-9-20)17-6-4-7-18(21)12-17/h4-7,10-12,16H,3,8-9,13-15H2,1-2H3,(H2,22,23,24). The van der Waals surface area contributed by atoms with Crippen LogP contribution in [0.2, 0.25) is 0 Å². The van der Waals surface area contributed by atoms with Crippen molar-refractivity contribution in [1.29, 1.82) is 0 Å². The Hall–Kier alpha value is -2.37. The monoisotopic (exact) mass is 357 g/mol. The summed E-state index contributed by atoms with van der Waals surface area (Å²) in [6.07, 6.45) is 5.91. The zero-order valence-electron chi connectivity index (χ0n) is 15.6. The van der Waals surface area contributed by atoms with Crippen LogP contribution in [-0.4, -0.2) is 35.4 Å². The van der Waals surface area contributed by atoms with Gasteiger partial charge in [-0.25, -0.2) is 4.39 Å². The van der Waals surface area contributed by atoms with Crippen molar-refractivity contribution in [3.05, 3.63) is 54.1 Å². The minimum Gasteiger partial charge on any atom is -0.357 e. The molecule has 0 aliphatic heterocycles. The van der Waals surface area contributed by atoms with Gasteiger partial charge in [-0.15, -0.1) is 0 Å². The van der Waals surface area contributed by atoms with Gasteiger partial charge in [-0.3, -0.25) is 9.67 Å². The van der Waals surface area contributed by atoms with Crippen LogP contribution in [0.5, 0.6) is 0 Å². The van der Waals surface area contributed by atoms with E-state index in [-0.39, 0.29) is 11.2 Å². The van der Waals surface area contributed by atoms with Gasteiger partial charge in [0.2, 0.25) is 0 Å². The smallest absolute Gasteiger partial charge is 0.191 e. The Balaban J connectivity index is 1.57. The summed E-state index contributed by atoms with van der Waals surface area (Å²) in [5.41, 5.74) is 1.06. The van der Waals surface area contributed by atoms with Crippen molar-refractivity contribution in [3.8, 4) is 0 Å². The molecule has 0 radical (unpaired) electrons. The molecule has 1 aliphatic rings. The summed E-state index contributed by atoms with van der Waals surface area (Å²) in [6.45, 7) is 7.42. The van der Waals surface area contributed by atoms with E-state index in [1.807, 2.05) is 23.0 Å². The molecule has 6 heteroatoms. The first-order valence-corrected chi connectivity index (χ1v) is 9.37. The molecule has 1 saturated carbocycles. The van der Waals surface area contributed by atoms with Gasteiger partial charge in [0.25, 0.3) is 0 Å². The Morgan fingerprint density at radius 1 is 1.35 bits per heavy atom. The second-order valence-corrected chi connectivity index (χ2v) is 7.20. The first kappa shape index (κ1) is 18.4. The van der Waals surface area contributed by atoms with Gasteiger partial charge < -0.3 is 10.6 Å². The molecule has 1 heterocycles. The maximum atomic E-state index is 13.5. The number of nitrogens with one attached hydrogen (secondary N) is 2. The van der Waals surface area contributed by atoms with Crippen LogP contribution in [0.25, 0.3) is 0 Å². The lowest BCUT2D eigenvalue weighted by Crippen LogP contribution is -2.40. The Morgan fingerprint density at radius 3 is 2.85 bits per heavy atom. The van der Waals surface area contributed by atoms with Gasteiger partial charge in [0.1, 0.15) is 5.82 Å². The lowest BCUT2D eigenvalue weighted by Gasteiger charge is -2.18. The topological polar surface area (TPSA) is 54.2 Å². The van der Waals surface area contributed by atoms with Crippen LogP contribution in [0.3, 0.4) is 0 Å². The third-order valence-corrected chi connectivity index (χ3v) is 4.85. The molecule has 2 N–H and O–H groups in total. The zero-order valence-corrected chi connectivity index (χ0v) is 15.6. The van der Waals surface area contributed by atoms with Crippen molar-refractivity contribution in [1.82, 2.24) is 20.4 Å². The number of hydrogen-bond acceptors (Lipinski definition) is 2. The molecule has 1 aromatic carbocycles. The van der Waals surface area contributed by atoms with E-state index in [0.29, 0.717) is 12.5 Å². The molecule has 0 saturated heterocycles. The lowest BCUT2D eigenvalue weighted by atomic mass is 9.96. The Labute approximate surface area is 154 Å². The maximum Gasteiger partial charge on any atom is 0.191 e. The number of rotatable bonds is 8. The minimum absolute atomic E-state index is 0.00509. The molecule has 0 spiro atoms. The summed E-state index contributed by atoms with van der Waals surface area (Å²) < 4.78 is 15.5. The van der Waals surface area contributed by atoms with E-state index in [4.69, 9.17) is 4.99 Å². The SMILES string of the molecule is CCNC(=NCC1(c2cccc(F)c2)CC1)NCC(C)Cn1cccn1. The highest BCUT2D eigenvalue weighted by molar-refractivity contribution is 5.79. The molecule has 2 aromatic rings. The molecule has 1 unspecified atom stereocenters. The van der Waals surface area contributed by atoms with E-state index < -0.39 is 0 Å². The van der Waals surface area contributed by atoms with Crippen molar-refractivity contribution in [2.24, 2.45) is 10.9 Å². The highest BCUT2D eigenvalue weighted by Crippen LogP contribution is 2.48. The molecular weight excluding hydrogens is 329 g/mol.